The summed E-state index contributed by atoms with van der Waals surface area (Å²) in [6, 6.07) is 54.6. The fourth-order valence-corrected chi connectivity index (χ4v) is 13.5. The van der Waals surface area contributed by atoms with Crippen LogP contribution < -0.4 is 83.2 Å². The van der Waals surface area contributed by atoms with E-state index in [1.54, 1.807) is 37.1 Å². The molecule has 122 heavy (non-hydrogen) atoms. The van der Waals surface area contributed by atoms with Crippen LogP contribution in [0.25, 0.3) is 45.0 Å². The Morgan fingerprint density at radius 2 is 0.754 bits per heavy atom. The van der Waals surface area contributed by atoms with Crippen molar-refractivity contribution in [2.24, 2.45) is 0 Å². The van der Waals surface area contributed by atoms with E-state index in [-0.39, 0.29) is 52.2 Å². The van der Waals surface area contributed by atoms with Crippen LogP contribution in [0.15, 0.2) is 213 Å². The summed E-state index contributed by atoms with van der Waals surface area (Å²) in [6.45, 7) is 8.97. The van der Waals surface area contributed by atoms with E-state index in [0.29, 0.717) is 143 Å². The van der Waals surface area contributed by atoms with Crippen LogP contribution in [0.3, 0.4) is 0 Å². The highest BCUT2D eigenvalue weighted by atomic mass is 16.6. The molecule has 0 spiro atoms. The highest BCUT2D eigenvalue weighted by Gasteiger charge is 2.27. The number of fused-ring (bicyclic) bond motifs is 27. The molecule has 0 aliphatic carbocycles. The molecule has 33 nitrogen and oxygen atoms in total. The number of carbonyl (C=O) groups is 4. The molecule has 626 valence electrons. The minimum atomic E-state index is -0.456. The van der Waals surface area contributed by atoms with E-state index in [1.807, 2.05) is 184 Å². The number of nitrogens with two attached hydrogens (primary N) is 4. The topological polar surface area (TPSA) is 432 Å². The smallest absolute Gasteiger partial charge is 0.278 e. The zero-order valence-electron chi connectivity index (χ0n) is 67.3. The van der Waals surface area contributed by atoms with E-state index in [1.165, 1.54) is 6.20 Å². The number of nitrogens with one attached hydrogen (secondary N) is 5. The molecule has 33 heteroatoms. The van der Waals surface area contributed by atoms with Crippen molar-refractivity contribution in [1.82, 2.24) is 44.9 Å². The number of hydrogen-bond acceptors (Lipinski definition) is 29. The van der Waals surface area contributed by atoms with Gasteiger partial charge in [0.25, 0.3) is 23.6 Å². The fraction of sp³-hybridized carbons (Fsp3) is 0.247. The van der Waals surface area contributed by atoms with Gasteiger partial charge in [0.2, 0.25) is 0 Å². The van der Waals surface area contributed by atoms with Gasteiger partial charge >= 0.3 is 0 Å². The number of ether oxygens (including phenoxy) is 8. The Hall–Kier alpha value is -14.7. The molecule has 5 aliphatic rings. The Labute approximate surface area is 703 Å². The lowest BCUT2D eigenvalue weighted by Gasteiger charge is -2.35. The lowest BCUT2D eigenvalue weighted by molar-refractivity contribution is 0.0103. The van der Waals surface area contributed by atoms with E-state index >= 15 is 0 Å². The molecular weight excluding hydrogens is 1560 g/mol. The fourth-order valence-electron chi connectivity index (χ4n) is 13.5. The summed E-state index contributed by atoms with van der Waals surface area (Å²) in [5.74, 6) is 1.46. The first-order valence-electron chi connectivity index (χ1n) is 39.8. The summed E-state index contributed by atoms with van der Waals surface area (Å²) in [5, 5.41) is 14.9. The van der Waals surface area contributed by atoms with E-state index < -0.39 is 23.6 Å². The summed E-state index contributed by atoms with van der Waals surface area (Å²) in [7, 11) is 3.96. The molecule has 18 bridgehead atoms. The third-order valence-electron chi connectivity index (χ3n) is 19.7. The number of benzene rings is 7. The maximum Gasteiger partial charge on any atom is 0.278 e. The zero-order chi connectivity index (χ0) is 84.5. The summed E-state index contributed by atoms with van der Waals surface area (Å²) in [6.07, 6.45) is 12.1. The van der Waals surface area contributed by atoms with Gasteiger partial charge in [0.15, 0.2) is 46.0 Å². The summed E-state index contributed by atoms with van der Waals surface area (Å²) in [5.41, 5.74) is 35.5. The summed E-state index contributed by atoms with van der Waals surface area (Å²) in [4.78, 5) is 97.0. The molecule has 7 aromatic carbocycles. The summed E-state index contributed by atoms with van der Waals surface area (Å²) < 4.78 is 46.1. The van der Waals surface area contributed by atoms with Crippen molar-refractivity contribution in [2.45, 2.75) is 25.4 Å². The van der Waals surface area contributed by atoms with Gasteiger partial charge in [0, 0.05) is 75.3 Å². The van der Waals surface area contributed by atoms with Crippen LogP contribution in [0.4, 0.5) is 68.8 Å². The summed E-state index contributed by atoms with van der Waals surface area (Å²) >= 11 is 0. The van der Waals surface area contributed by atoms with Crippen molar-refractivity contribution in [3.8, 4) is 68.0 Å². The highest BCUT2D eigenvalue weighted by Crippen LogP contribution is 2.35. The van der Waals surface area contributed by atoms with Gasteiger partial charge in [0.05, 0.1) is 159 Å². The Balaban J connectivity index is 0.000000133. The molecule has 5 aromatic heterocycles. The molecule has 1 saturated heterocycles. The molecule has 0 radical (unpaired) electrons. The highest BCUT2D eigenvalue weighted by molar-refractivity contribution is 6.10. The molecule has 17 rings (SSSR count). The number of aromatic nitrogens is 9. The van der Waals surface area contributed by atoms with E-state index in [4.69, 9.17) is 60.8 Å². The van der Waals surface area contributed by atoms with Crippen LogP contribution in [0.2, 0.25) is 0 Å². The van der Waals surface area contributed by atoms with Gasteiger partial charge in [0.1, 0.15) is 42.3 Å². The molecule has 12 aromatic rings. The number of amides is 4. The average molecular weight is 1650 g/mol. The number of nitrogen functional groups attached to an aromatic ring is 4. The average Bonchev–Trinajstić information content (AvgIpc) is 1.38. The first-order chi connectivity index (χ1) is 59.6. The van der Waals surface area contributed by atoms with Crippen molar-refractivity contribution in [3.63, 3.8) is 0 Å². The van der Waals surface area contributed by atoms with Crippen molar-refractivity contribution in [3.05, 3.63) is 236 Å². The predicted octanol–water partition coefficient (Wildman–Crippen LogP) is 11.6. The van der Waals surface area contributed by atoms with E-state index in [0.717, 1.165) is 95.4 Å². The van der Waals surface area contributed by atoms with Gasteiger partial charge in [-0.3, -0.25) is 24.2 Å². The second-order valence-electron chi connectivity index (χ2n) is 28.3. The van der Waals surface area contributed by atoms with Crippen molar-refractivity contribution in [2.75, 3.05) is 184 Å². The Morgan fingerprint density at radius 1 is 0.361 bits per heavy atom. The van der Waals surface area contributed by atoms with Crippen LogP contribution in [0, 0.1) is 0 Å². The van der Waals surface area contributed by atoms with E-state index in [2.05, 4.69) is 86.1 Å². The zero-order valence-corrected chi connectivity index (χ0v) is 67.3. The van der Waals surface area contributed by atoms with Crippen LogP contribution in [-0.4, -0.2) is 194 Å². The van der Waals surface area contributed by atoms with Crippen LogP contribution in [-0.2, 0) is 18.9 Å². The third-order valence-corrected chi connectivity index (χ3v) is 19.7. The Bertz CT molecular complexity index is 5660. The normalized spacial score (nSPS) is 15.9. The molecule has 1 fully saturated rings. The number of para-hydroxylation sites is 6. The minimum absolute atomic E-state index is 0.0405. The van der Waals surface area contributed by atoms with Gasteiger partial charge in [-0.2, -0.15) is 0 Å². The quantitative estimate of drug-likeness (QED) is 0.0681. The number of morpholine rings is 1. The Kier molecular flexibility index (Phi) is 28.3. The monoisotopic (exact) mass is 1650 g/mol. The number of rotatable bonds is 0. The van der Waals surface area contributed by atoms with Crippen LogP contribution in [0.1, 0.15) is 61.2 Å². The van der Waals surface area contributed by atoms with Crippen molar-refractivity contribution < 1.29 is 57.1 Å². The van der Waals surface area contributed by atoms with Crippen molar-refractivity contribution in [1.29, 1.82) is 0 Å². The minimum Gasteiger partial charge on any atom is -0.494 e. The Morgan fingerprint density at radius 3 is 1.26 bits per heavy atom. The van der Waals surface area contributed by atoms with Gasteiger partial charge < -0.3 is 102 Å². The SMILES string of the molecule is CN1CCCCOc2cccc(c2)-c2cnc(N)c(n2)C(=O)Nc2cnccc21.CN1CCCOc2cccc(c2)-c2cnc(N)c(n2)C(=O)Nc2ccccc21.Nc1ncc2nc1C(=O)Nc1ccccc1N1CCOC(COc3cccc-2c3)C1.Nc1ncc2nc1C(=O)Nc1ccccc1NCCOCCOCCOCCOc1cccc-2c1. The molecule has 1 atom stereocenters. The van der Waals surface area contributed by atoms with Gasteiger partial charge in [-0.1, -0.05) is 84.9 Å². The maximum absolute atomic E-state index is 13.1. The van der Waals surface area contributed by atoms with Gasteiger partial charge in [-0.25, -0.2) is 39.9 Å². The molecule has 5 aliphatic heterocycles. The number of pyridine rings is 1. The van der Waals surface area contributed by atoms with E-state index in [9.17, 15) is 19.2 Å². The molecule has 13 N–H and O–H groups in total. The van der Waals surface area contributed by atoms with Crippen LogP contribution in [0.5, 0.6) is 23.0 Å². The van der Waals surface area contributed by atoms with Crippen LogP contribution >= 0.6 is 0 Å². The first kappa shape index (κ1) is 83.8. The number of nitrogens with zero attached hydrogens (tertiary/aromatic N) is 12. The number of anilines is 12. The molecule has 1 unspecified atom stereocenters. The number of carbonyl (C=O) groups excluding carboxylic acids is 4. The maximum atomic E-state index is 13.1. The second kappa shape index (κ2) is 41.1. The first-order valence-corrected chi connectivity index (χ1v) is 39.8. The molecule has 0 saturated carbocycles. The van der Waals surface area contributed by atoms with Gasteiger partial charge in [-0.15, -0.1) is 0 Å². The standard InChI is InChI=1S/C25H29N5O5.C22H21N5O3.C21H22N6O2.C21H21N5O2/c26-24-23-25(31)30-21-7-2-1-6-20(21)27-8-9-32-10-11-33-12-13-34-14-15-35-19-5-3-4-18(16-19)22(29-23)17-28-24;23-21-20-22(28)26-17-6-1-2-7-19(17)27-8-9-29-16(12-27)13-30-15-5-3-4-14(10-15)18(25-20)11-24-21;1-27-9-2-3-10-29-15-6-4-5-14(11-15)16-13-24-20(22)19(25-16)21(28)26-17-12-23-8-7-18(17)27;1-26-10-5-11-28-15-7-4-6-14(12-15)17-13-23-20(22)19(24-17)21(27)25-16-8-2-3-9-18(16)26/h1-7,16-17,27H,8-15H2,(H2,26,28)(H,30,31);1-7,10-11,16H,8-9,12-13H2,(H2,23,24)(H,26,28);4-8,11-13H,2-3,9-10H2,1H3,(H2,22,24)(H,26,28);2-4,6-9,12-13H,5,10-11H2,1H3,(H2,22,23)(H,25,27). The lowest BCUT2D eigenvalue weighted by Crippen LogP contribution is -2.45. The molecular formula is C89H93N21O12. The number of hydrogen-bond donors (Lipinski definition) is 9. The van der Waals surface area contributed by atoms with Gasteiger partial charge in [-0.05, 0) is 110 Å². The second-order valence-corrected chi connectivity index (χ2v) is 28.3. The van der Waals surface area contributed by atoms with Crippen molar-refractivity contribution >= 4 is 92.4 Å². The lowest BCUT2D eigenvalue weighted by atomic mass is 10.1. The molecule has 4 amide bonds. The largest absolute Gasteiger partial charge is 0.494 e. The third kappa shape index (κ3) is 22.2. The molecule has 10 heterocycles. The predicted molar refractivity (Wildman–Crippen MR) is 468 cm³/mol.